The average molecular weight is 338 g/mol. The Morgan fingerprint density at radius 2 is 2.12 bits per heavy atom. The molecule has 1 aliphatic heterocycles. The highest BCUT2D eigenvalue weighted by atomic mass is 32.2. The number of aromatic hydroxyl groups is 1. The molecule has 2 aromatic heterocycles. The van der Waals surface area contributed by atoms with E-state index < -0.39 is 0 Å². The van der Waals surface area contributed by atoms with Crippen molar-refractivity contribution in [2.45, 2.75) is 0 Å². The Bertz CT molecular complexity index is 933. The van der Waals surface area contributed by atoms with Crippen LogP contribution in [0.15, 0.2) is 53.8 Å². The predicted molar refractivity (Wildman–Crippen MR) is 95.8 cm³/mol. The van der Waals surface area contributed by atoms with Crippen LogP contribution in [0.25, 0.3) is 11.0 Å². The van der Waals surface area contributed by atoms with Crippen LogP contribution in [0.3, 0.4) is 0 Å². The van der Waals surface area contributed by atoms with Crippen molar-refractivity contribution in [3.8, 4) is 5.75 Å². The van der Waals surface area contributed by atoms with Crippen molar-refractivity contribution in [3.05, 3.63) is 54.4 Å². The van der Waals surface area contributed by atoms with Gasteiger partial charge in [-0.25, -0.2) is 4.98 Å². The van der Waals surface area contributed by atoms with E-state index in [-0.39, 0.29) is 11.7 Å². The Labute approximate surface area is 142 Å². The second-order valence-corrected chi connectivity index (χ2v) is 6.38. The highest BCUT2D eigenvalue weighted by Crippen LogP contribution is 2.27. The molecular formula is C17H14N4O2S. The number of amides is 1. The Morgan fingerprint density at radius 1 is 1.29 bits per heavy atom. The highest BCUT2D eigenvalue weighted by molar-refractivity contribution is 8.14. The first kappa shape index (κ1) is 14.8. The maximum atomic E-state index is 12.6. The topological polar surface area (TPSA) is 81.6 Å². The third-order valence-electron chi connectivity index (χ3n) is 3.82. The number of thioether (sulfide) groups is 1. The van der Waals surface area contributed by atoms with Crippen LogP contribution in [0.1, 0.15) is 10.4 Å². The number of carbonyl (C=O) groups excluding carboxylic acids is 1. The van der Waals surface area contributed by atoms with E-state index in [1.807, 2.05) is 23.1 Å². The van der Waals surface area contributed by atoms with Gasteiger partial charge in [0.2, 0.25) is 0 Å². The minimum Gasteiger partial charge on any atom is -0.508 e. The Morgan fingerprint density at radius 3 is 2.96 bits per heavy atom. The third kappa shape index (κ3) is 2.63. The van der Waals surface area contributed by atoms with Gasteiger partial charge in [-0.1, -0.05) is 11.8 Å². The molecule has 4 rings (SSSR count). The van der Waals surface area contributed by atoms with Gasteiger partial charge in [-0.15, -0.1) is 0 Å². The van der Waals surface area contributed by atoms with Gasteiger partial charge in [0.05, 0.1) is 5.56 Å². The number of aromatic amines is 1. The molecule has 0 aliphatic carbocycles. The number of rotatable bonds is 2. The number of phenolic OH excluding ortho intramolecular Hbond substituents is 1. The van der Waals surface area contributed by atoms with Crippen LogP contribution >= 0.6 is 11.8 Å². The number of H-pyrrole nitrogens is 1. The number of aliphatic imine (C=N–C) groups is 1. The van der Waals surface area contributed by atoms with Gasteiger partial charge in [0, 0.05) is 35.8 Å². The molecule has 2 N–H and O–H groups in total. The van der Waals surface area contributed by atoms with Crippen LogP contribution in [0.2, 0.25) is 0 Å². The van der Waals surface area contributed by atoms with Crippen LogP contribution in [-0.2, 0) is 0 Å². The summed E-state index contributed by atoms with van der Waals surface area (Å²) >= 11 is 1.55. The first-order valence-electron chi connectivity index (χ1n) is 7.47. The lowest BCUT2D eigenvalue weighted by atomic mass is 10.2. The van der Waals surface area contributed by atoms with Crippen molar-refractivity contribution in [2.24, 2.45) is 4.99 Å². The summed E-state index contributed by atoms with van der Waals surface area (Å²) in [6, 6.07) is 10.5. The zero-order valence-electron chi connectivity index (χ0n) is 12.6. The number of hydrogen-bond donors (Lipinski definition) is 2. The van der Waals surface area contributed by atoms with E-state index in [0.29, 0.717) is 16.4 Å². The number of pyridine rings is 1. The van der Waals surface area contributed by atoms with E-state index >= 15 is 0 Å². The van der Waals surface area contributed by atoms with Crippen molar-refractivity contribution >= 4 is 39.6 Å². The highest BCUT2D eigenvalue weighted by Gasteiger charge is 2.23. The smallest absolute Gasteiger partial charge is 0.281 e. The summed E-state index contributed by atoms with van der Waals surface area (Å²) in [5, 5.41) is 10.9. The summed E-state index contributed by atoms with van der Waals surface area (Å²) in [4.78, 5) is 26.1. The lowest BCUT2D eigenvalue weighted by molar-refractivity contribution is 0.100. The molecule has 6 nitrogen and oxygen atoms in total. The quantitative estimate of drug-likeness (QED) is 0.751. The Hall–Kier alpha value is -2.80. The summed E-state index contributed by atoms with van der Waals surface area (Å²) in [5.74, 6) is 0.788. The lowest BCUT2D eigenvalue weighted by Crippen LogP contribution is -2.24. The number of nitrogens with zero attached hydrogens (tertiary/aromatic N) is 3. The number of phenols is 1. The van der Waals surface area contributed by atoms with Crippen molar-refractivity contribution in [1.82, 2.24) is 9.97 Å². The molecule has 0 radical (unpaired) electrons. The number of anilines is 1. The molecule has 0 bridgehead atoms. The van der Waals surface area contributed by atoms with E-state index in [0.717, 1.165) is 23.4 Å². The summed E-state index contributed by atoms with van der Waals surface area (Å²) < 4.78 is 0. The second kappa shape index (κ2) is 6.01. The summed E-state index contributed by atoms with van der Waals surface area (Å²) in [6.07, 6.45) is 3.33. The van der Waals surface area contributed by atoms with Gasteiger partial charge in [0.25, 0.3) is 5.91 Å². The average Bonchev–Trinajstić information content (AvgIpc) is 3.22. The molecule has 1 saturated heterocycles. The molecule has 1 fully saturated rings. The molecule has 0 atom stereocenters. The third-order valence-corrected chi connectivity index (χ3v) is 4.77. The van der Waals surface area contributed by atoms with E-state index in [2.05, 4.69) is 15.0 Å². The van der Waals surface area contributed by atoms with Gasteiger partial charge in [-0.05, 0) is 36.4 Å². The minimum absolute atomic E-state index is 0.214. The van der Waals surface area contributed by atoms with E-state index in [1.54, 1.807) is 42.4 Å². The van der Waals surface area contributed by atoms with E-state index in [9.17, 15) is 9.90 Å². The van der Waals surface area contributed by atoms with Crippen LogP contribution in [-0.4, -0.2) is 38.4 Å². The van der Waals surface area contributed by atoms with Crippen molar-refractivity contribution < 1.29 is 9.90 Å². The number of nitrogens with one attached hydrogen (secondary N) is 1. The molecule has 0 saturated carbocycles. The number of aromatic nitrogens is 2. The Kier molecular flexibility index (Phi) is 3.70. The van der Waals surface area contributed by atoms with Gasteiger partial charge in [-0.3, -0.25) is 4.79 Å². The first-order valence-corrected chi connectivity index (χ1v) is 8.45. The predicted octanol–water partition coefficient (Wildman–Crippen LogP) is 3.02. The summed E-state index contributed by atoms with van der Waals surface area (Å²) in [5.41, 5.74) is 2.10. The van der Waals surface area contributed by atoms with Crippen LogP contribution in [0, 0.1) is 0 Å². The van der Waals surface area contributed by atoms with Crippen molar-refractivity contribution in [1.29, 1.82) is 0 Å². The number of benzene rings is 1. The fourth-order valence-corrected chi connectivity index (χ4v) is 3.60. The summed E-state index contributed by atoms with van der Waals surface area (Å²) in [7, 11) is 0. The molecule has 24 heavy (non-hydrogen) atoms. The number of amidine groups is 1. The maximum absolute atomic E-state index is 12.6. The number of hydrogen-bond acceptors (Lipinski definition) is 4. The zero-order valence-corrected chi connectivity index (χ0v) is 13.5. The Balaban J connectivity index is 1.66. The van der Waals surface area contributed by atoms with Gasteiger partial charge in [0.15, 0.2) is 5.17 Å². The molecule has 0 unspecified atom stereocenters. The molecule has 3 aromatic rings. The van der Waals surface area contributed by atoms with Crippen LogP contribution < -0.4 is 4.90 Å². The monoisotopic (exact) mass is 338 g/mol. The summed E-state index contributed by atoms with van der Waals surface area (Å²) in [6.45, 7) is 0.775. The maximum Gasteiger partial charge on any atom is 0.281 e. The molecule has 7 heteroatoms. The number of carbonyl (C=O) groups is 1. The second-order valence-electron chi connectivity index (χ2n) is 5.32. The lowest BCUT2D eigenvalue weighted by Gasteiger charge is -2.17. The normalized spacial score (nSPS) is 16.2. The van der Waals surface area contributed by atoms with Gasteiger partial charge in [-0.2, -0.15) is 4.99 Å². The van der Waals surface area contributed by atoms with Crippen molar-refractivity contribution in [2.75, 3.05) is 17.2 Å². The fraction of sp³-hybridized carbons (Fsp3) is 0.118. The molecule has 1 aromatic carbocycles. The fourth-order valence-electron chi connectivity index (χ4n) is 2.65. The van der Waals surface area contributed by atoms with Crippen LogP contribution in [0.4, 0.5) is 5.69 Å². The van der Waals surface area contributed by atoms with Gasteiger partial charge in [0.1, 0.15) is 11.4 Å². The van der Waals surface area contributed by atoms with E-state index in [4.69, 9.17) is 0 Å². The number of fused-ring (bicyclic) bond motifs is 1. The molecule has 120 valence electrons. The first-order chi connectivity index (χ1) is 11.7. The SMILES string of the molecule is O=C(N=C1SCCN1c1ccc(O)cc1)c1c[nH]c2ncccc12. The molecule has 0 spiro atoms. The van der Waals surface area contributed by atoms with Gasteiger partial charge < -0.3 is 15.0 Å². The minimum atomic E-state index is -0.289. The molecule has 3 heterocycles. The molecule has 1 amide bonds. The van der Waals surface area contributed by atoms with Crippen LogP contribution in [0.5, 0.6) is 5.75 Å². The molecule has 1 aliphatic rings. The largest absolute Gasteiger partial charge is 0.508 e. The standard InChI is InChI=1S/C17H14N4O2S/c22-12-5-3-11(4-6-12)21-8-9-24-17(21)20-16(23)14-10-19-15-13(14)2-1-7-18-15/h1-7,10,22H,8-9H2,(H,18,19). The van der Waals surface area contributed by atoms with Gasteiger partial charge >= 0.3 is 0 Å². The van der Waals surface area contributed by atoms with E-state index in [1.165, 1.54) is 0 Å². The molecular weight excluding hydrogens is 324 g/mol. The van der Waals surface area contributed by atoms with Crippen molar-refractivity contribution in [3.63, 3.8) is 0 Å². The zero-order chi connectivity index (χ0) is 16.5.